The predicted molar refractivity (Wildman–Crippen MR) is 96.3 cm³/mol. The van der Waals surface area contributed by atoms with E-state index in [1.807, 2.05) is 18.2 Å². The third kappa shape index (κ3) is 3.58. The number of carbonyl (C=O) groups is 1. The molecule has 3 heterocycles. The summed E-state index contributed by atoms with van der Waals surface area (Å²) in [6.07, 6.45) is 2.37. The van der Waals surface area contributed by atoms with Crippen molar-refractivity contribution in [3.05, 3.63) is 46.3 Å². The molecule has 1 aromatic carbocycles. The Kier molecular flexibility index (Phi) is 4.48. The van der Waals surface area contributed by atoms with Gasteiger partial charge in [0, 0.05) is 24.7 Å². The molecule has 1 N–H and O–H groups in total. The Balaban J connectivity index is 1.36. The lowest BCUT2D eigenvalue weighted by atomic mass is 9.96. The topological polar surface area (TPSA) is 41.6 Å². The van der Waals surface area contributed by atoms with Gasteiger partial charge in [0.05, 0.1) is 4.34 Å². The number of nitrogens with zero attached hydrogens (tertiary/aromatic N) is 1. The zero-order valence-corrected chi connectivity index (χ0v) is 14.8. The van der Waals surface area contributed by atoms with Gasteiger partial charge in [0.2, 0.25) is 0 Å². The maximum Gasteiger partial charge on any atom is 0.251 e. The van der Waals surface area contributed by atoms with E-state index < -0.39 is 0 Å². The molecule has 0 saturated carbocycles. The Bertz CT molecular complexity index is 719. The van der Waals surface area contributed by atoms with Crippen molar-refractivity contribution < 1.29 is 9.53 Å². The number of amides is 1. The first kappa shape index (κ1) is 15.9. The maximum absolute atomic E-state index is 12.4. The molecule has 2 bridgehead atoms. The summed E-state index contributed by atoms with van der Waals surface area (Å²) in [5.74, 6) is 1.44. The Morgan fingerprint density at radius 3 is 2.75 bits per heavy atom. The number of benzene rings is 1. The molecule has 2 aromatic rings. The van der Waals surface area contributed by atoms with Gasteiger partial charge >= 0.3 is 0 Å². The minimum Gasteiger partial charge on any atom is -0.447 e. The van der Waals surface area contributed by atoms with E-state index in [0.717, 1.165) is 23.9 Å². The van der Waals surface area contributed by atoms with Gasteiger partial charge < -0.3 is 15.0 Å². The van der Waals surface area contributed by atoms with Crippen molar-refractivity contribution >= 4 is 28.8 Å². The van der Waals surface area contributed by atoms with Crippen LogP contribution in [0.3, 0.4) is 0 Å². The standard InChI is InChI=1S/C18H19ClN2O2S/c19-16-5-6-17(24-16)23-15-3-1-13(2-4-15)18(22)20-14-9-12-7-8-21(10-12)11-14/h1-6,12,14H,7-11H2,(H,20,22)/t12-,14-/m1/s1. The summed E-state index contributed by atoms with van der Waals surface area (Å²) in [7, 11) is 0. The van der Waals surface area contributed by atoms with Crippen LogP contribution in [0.1, 0.15) is 23.2 Å². The number of halogens is 1. The zero-order chi connectivity index (χ0) is 16.5. The molecule has 4 rings (SSSR count). The van der Waals surface area contributed by atoms with Crippen molar-refractivity contribution in [3.8, 4) is 10.8 Å². The number of nitrogens with one attached hydrogen (secondary N) is 1. The number of rotatable bonds is 4. The predicted octanol–water partition coefficient (Wildman–Crippen LogP) is 4.02. The first-order valence-corrected chi connectivity index (χ1v) is 9.41. The zero-order valence-electron chi connectivity index (χ0n) is 13.2. The maximum atomic E-state index is 12.4. The number of carbonyl (C=O) groups excluding carboxylic acids is 1. The van der Waals surface area contributed by atoms with E-state index in [4.69, 9.17) is 16.3 Å². The van der Waals surface area contributed by atoms with E-state index in [-0.39, 0.29) is 11.9 Å². The second-order valence-corrected chi connectivity index (χ2v) is 8.18. The van der Waals surface area contributed by atoms with Crippen LogP contribution < -0.4 is 10.1 Å². The Labute approximate surface area is 150 Å². The van der Waals surface area contributed by atoms with Crippen LogP contribution in [0.25, 0.3) is 0 Å². The normalized spacial score (nSPS) is 25.5. The van der Waals surface area contributed by atoms with E-state index in [1.54, 1.807) is 18.2 Å². The van der Waals surface area contributed by atoms with E-state index in [2.05, 4.69) is 10.2 Å². The summed E-state index contributed by atoms with van der Waals surface area (Å²) in [5, 5.41) is 3.91. The van der Waals surface area contributed by atoms with E-state index >= 15 is 0 Å². The number of hydrogen-bond donors (Lipinski definition) is 1. The van der Waals surface area contributed by atoms with Gasteiger partial charge in [-0.1, -0.05) is 22.9 Å². The van der Waals surface area contributed by atoms with Gasteiger partial charge in [-0.25, -0.2) is 0 Å². The molecule has 3 atom stereocenters. The van der Waals surface area contributed by atoms with Gasteiger partial charge in [0.15, 0.2) is 5.06 Å². The number of piperidine rings is 1. The molecular weight excluding hydrogens is 344 g/mol. The van der Waals surface area contributed by atoms with Crippen LogP contribution in [0, 0.1) is 5.92 Å². The highest BCUT2D eigenvalue weighted by atomic mass is 35.5. The van der Waals surface area contributed by atoms with Crippen LogP contribution in [-0.4, -0.2) is 36.5 Å². The van der Waals surface area contributed by atoms with Gasteiger partial charge in [-0.05, 0) is 61.7 Å². The molecule has 2 aliphatic rings. The minimum absolute atomic E-state index is 0.00628. The highest BCUT2D eigenvalue weighted by Gasteiger charge is 2.32. The Morgan fingerprint density at radius 1 is 1.21 bits per heavy atom. The van der Waals surface area contributed by atoms with Crippen LogP contribution in [0.2, 0.25) is 4.34 Å². The number of fused-ring (bicyclic) bond motifs is 2. The molecule has 0 spiro atoms. The lowest BCUT2D eigenvalue weighted by Gasteiger charge is -2.30. The summed E-state index contributed by atoms with van der Waals surface area (Å²) >= 11 is 7.28. The Hall–Kier alpha value is -1.56. The number of thiophene rings is 1. The number of ether oxygens (including phenoxy) is 1. The SMILES string of the molecule is O=C(N[C@@H]1C[C@H]2CCN(C2)C1)c1ccc(Oc2ccc(Cl)s2)cc1. The summed E-state index contributed by atoms with van der Waals surface area (Å²) < 4.78 is 6.41. The largest absolute Gasteiger partial charge is 0.447 e. The summed E-state index contributed by atoms with van der Waals surface area (Å²) in [4.78, 5) is 14.9. The van der Waals surface area contributed by atoms with Crippen LogP contribution in [0.5, 0.6) is 10.8 Å². The lowest BCUT2D eigenvalue weighted by Crippen LogP contribution is -2.46. The first-order chi connectivity index (χ1) is 11.7. The molecular formula is C18H19ClN2O2S. The molecule has 1 unspecified atom stereocenters. The van der Waals surface area contributed by atoms with Crippen LogP contribution >= 0.6 is 22.9 Å². The van der Waals surface area contributed by atoms with Gasteiger partial charge in [-0.3, -0.25) is 4.79 Å². The molecule has 126 valence electrons. The average molecular weight is 363 g/mol. The summed E-state index contributed by atoms with van der Waals surface area (Å²) in [6, 6.07) is 11.1. The van der Waals surface area contributed by atoms with E-state index in [1.165, 1.54) is 30.8 Å². The minimum atomic E-state index is -0.00628. The second kappa shape index (κ2) is 6.75. The van der Waals surface area contributed by atoms with Crippen molar-refractivity contribution in [3.63, 3.8) is 0 Å². The Morgan fingerprint density at radius 2 is 2.04 bits per heavy atom. The monoisotopic (exact) mass is 362 g/mol. The van der Waals surface area contributed by atoms with Crippen molar-refractivity contribution in [1.29, 1.82) is 0 Å². The third-order valence-corrected chi connectivity index (χ3v) is 5.79. The van der Waals surface area contributed by atoms with Crippen LogP contribution in [-0.2, 0) is 0 Å². The summed E-state index contributed by atoms with van der Waals surface area (Å²) in [6.45, 7) is 3.35. The molecule has 6 heteroatoms. The molecule has 1 aromatic heterocycles. The quantitative estimate of drug-likeness (QED) is 0.893. The summed E-state index contributed by atoms with van der Waals surface area (Å²) in [5.41, 5.74) is 0.666. The van der Waals surface area contributed by atoms with E-state index in [0.29, 0.717) is 15.6 Å². The fraction of sp³-hybridized carbons (Fsp3) is 0.389. The first-order valence-electron chi connectivity index (χ1n) is 8.22. The molecule has 0 aliphatic carbocycles. The van der Waals surface area contributed by atoms with Crippen LogP contribution in [0.4, 0.5) is 0 Å². The molecule has 24 heavy (non-hydrogen) atoms. The van der Waals surface area contributed by atoms with Crippen molar-refractivity contribution in [2.24, 2.45) is 5.92 Å². The molecule has 0 radical (unpaired) electrons. The second-order valence-electron chi connectivity index (χ2n) is 6.51. The lowest BCUT2D eigenvalue weighted by molar-refractivity contribution is 0.0909. The van der Waals surface area contributed by atoms with Gasteiger partial charge in [0.1, 0.15) is 5.75 Å². The molecule has 1 amide bonds. The molecule has 2 fully saturated rings. The average Bonchev–Trinajstić information content (AvgIpc) is 3.13. The fourth-order valence-electron chi connectivity index (χ4n) is 3.58. The van der Waals surface area contributed by atoms with E-state index in [9.17, 15) is 4.79 Å². The highest BCUT2D eigenvalue weighted by Crippen LogP contribution is 2.32. The number of hydrogen-bond acceptors (Lipinski definition) is 4. The van der Waals surface area contributed by atoms with Crippen molar-refractivity contribution in [2.75, 3.05) is 19.6 Å². The fourth-order valence-corrected chi connectivity index (χ4v) is 4.47. The van der Waals surface area contributed by atoms with Gasteiger partial charge in [-0.15, -0.1) is 0 Å². The van der Waals surface area contributed by atoms with Gasteiger partial charge in [-0.2, -0.15) is 0 Å². The highest BCUT2D eigenvalue weighted by molar-refractivity contribution is 7.17. The van der Waals surface area contributed by atoms with Gasteiger partial charge in [0.25, 0.3) is 5.91 Å². The van der Waals surface area contributed by atoms with Crippen molar-refractivity contribution in [1.82, 2.24) is 10.2 Å². The smallest absolute Gasteiger partial charge is 0.251 e. The molecule has 2 aliphatic heterocycles. The molecule has 2 saturated heterocycles. The third-order valence-electron chi connectivity index (χ3n) is 4.69. The van der Waals surface area contributed by atoms with Crippen LogP contribution in [0.15, 0.2) is 36.4 Å². The van der Waals surface area contributed by atoms with Crippen molar-refractivity contribution in [2.45, 2.75) is 18.9 Å². The molecule has 4 nitrogen and oxygen atoms in total.